The quantitative estimate of drug-likeness (QED) is 0.727. The first-order chi connectivity index (χ1) is 7.10. The molecule has 1 aromatic rings. The Bertz CT molecular complexity index is 354. The number of hydrogen-bond acceptors (Lipinski definition) is 2. The maximum Gasteiger partial charge on any atom is 0.0898 e. The molecule has 15 heavy (non-hydrogen) atoms. The molecule has 0 aliphatic carbocycles. The number of benzene rings is 1. The average Bonchev–Trinajstić information content (AvgIpc) is 2.67. The molecule has 0 aromatic heterocycles. The Morgan fingerprint density at radius 1 is 1.07 bits per heavy atom. The lowest BCUT2D eigenvalue weighted by Crippen LogP contribution is -2.38. The van der Waals surface area contributed by atoms with Crippen LogP contribution < -0.4 is 0 Å². The zero-order valence-corrected chi connectivity index (χ0v) is 9.64. The predicted octanol–water partition coefficient (Wildman–Crippen LogP) is 2.60. The van der Waals surface area contributed by atoms with Crippen molar-refractivity contribution in [1.82, 2.24) is 9.80 Å². The van der Waals surface area contributed by atoms with E-state index in [1.54, 1.807) is 0 Å². The monoisotopic (exact) mass is 202 g/mol. The summed E-state index contributed by atoms with van der Waals surface area (Å²) in [5.41, 5.74) is 1.41. The van der Waals surface area contributed by atoms with Gasteiger partial charge in [-0.05, 0) is 19.4 Å². The lowest BCUT2D eigenvalue weighted by molar-refractivity contribution is 0.157. The summed E-state index contributed by atoms with van der Waals surface area (Å²) >= 11 is 0. The zero-order valence-electron chi connectivity index (χ0n) is 9.64. The third kappa shape index (κ3) is 1.84. The topological polar surface area (TPSA) is 6.48 Å². The molecule has 1 aliphatic heterocycles. The molecule has 0 radical (unpaired) electrons. The van der Waals surface area contributed by atoms with Crippen LogP contribution in [-0.4, -0.2) is 23.5 Å². The molecule has 80 valence electrons. The summed E-state index contributed by atoms with van der Waals surface area (Å²) in [6.45, 7) is 5.47. The highest BCUT2D eigenvalue weighted by molar-refractivity contribution is 5.24. The second-order valence-electron chi connectivity index (χ2n) is 4.59. The third-order valence-corrected chi connectivity index (χ3v) is 3.07. The minimum absolute atomic E-state index is 0.0581. The van der Waals surface area contributed by atoms with Crippen LogP contribution in [0.1, 0.15) is 19.4 Å². The van der Waals surface area contributed by atoms with Crippen molar-refractivity contribution in [1.29, 1.82) is 0 Å². The van der Waals surface area contributed by atoms with E-state index >= 15 is 0 Å². The van der Waals surface area contributed by atoms with Gasteiger partial charge in [-0.3, -0.25) is 0 Å². The summed E-state index contributed by atoms with van der Waals surface area (Å²) in [5.74, 6) is 0. The van der Waals surface area contributed by atoms with Gasteiger partial charge in [0, 0.05) is 19.4 Å². The SMILES string of the molecule is CN1C=CN(C(C)(C)c2ccccc2)C1. The van der Waals surface area contributed by atoms with Crippen LogP contribution in [0.3, 0.4) is 0 Å². The number of nitrogens with zero attached hydrogens (tertiary/aromatic N) is 2. The first kappa shape index (κ1) is 10.1. The van der Waals surface area contributed by atoms with Gasteiger partial charge in [0.1, 0.15) is 0 Å². The van der Waals surface area contributed by atoms with E-state index in [1.165, 1.54) is 5.56 Å². The Labute approximate surface area is 91.8 Å². The van der Waals surface area contributed by atoms with Crippen LogP contribution in [0.15, 0.2) is 42.7 Å². The van der Waals surface area contributed by atoms with E-state index in [2.05, 4.69) is 73.4 Å². The second kappa shape index (κ2) is 3.61. The Morgan fingerprint density at radius 2 is 1.73 bits per heavy atom. The van der Waals surface area contributed by atoms with E-state index < -0.39 is 0 Å². The molecule has 0 saturated carbocycles. The van der Waals surface area contributed by atoms with Crippen LogP contribution >= 0.6 is 0 Å². The van der Waals surface area contributed by atoms with Crippen molar-refractivity contribution in [2.24, 2.45) is 0 Å². The van der Waals surface area contributed by atoms with Crippen LogP contribution in [-0.2, 0) is 5.54 Å². The molecule has 2 nitrogen and oxygen atoms in total. The highest BCUT2D eigenvalue weighted by atomic mass is 15.4. The molecular weight excluding hydrogens is 184 g/mol. The molecule has 2 rings (SSSR count). The van der Waals surface area contributed by atoms with E-state index in [0.29, 0.717) is 0 Å². The van der Waals surface area contributed by atoms with Crippen molar-refractivity contribution in [3.8, 4) is 0 Å². The van der Waals surface area contributed by atoms with Gasteiger partial charge in [-0.1, -0.05) is 30.3 Å². The Morgan fingerprint density at radius 3 is 2.27 bits per heavy atom. The van der Waals surface area contributed by atoms with Gasteiger partial charge < -0.3 is 9.80 Å². The van der Waals surface area contributed by atoms with Gasteiger partial charge in [0.25, 0.3) is 0 Å². The molecular formula is C13H18N2. The van der Waals surface area contributed by atoms with Crippen LogP contribution in [0.4, 0.5) is 0 Å². The minimum atomic E-state index is 0.0581. The summed E-state index contributed by atoms with van der Waals surface area (Å²) in [6.07, 6.45) is 4.28. The minimum Gasteiger partial charge on any atom is -0.362 e. The van der Waals surface area contributed by atoms with Crippen molar-refractivity contribution in [2.45, 2.75) is 19.4 Å². The van der Waals surface area contributed by atoms with Crippen LogP contribution in [0, 0.1) is 0 Å². The molecule has 0 N–H and O–H groups in total. The molecule has 1 heterocycles. The van der Waals surface area contributed by atoms with Crippen molar-refractivity contribution >= 4 is 0 Å². The van der Waals surface area contributed by atoms with Crippen LogP contribution in [0.2, 0.25) is 0 Å². The van der Waals surface area contributed by atoms with Gasteiger partial charge in [-0.25, -0.2) is 0 Å². The van der Waals surface area contributed by atoms with Gasteiger partial charge in [-0.2, -0.15) is 0 Å². The van der Waals surface area contributed by atoms with Crippen LogP contribution in [0.5, 0.6) is 0 Å². The Kier molecular flexibility index (Phi) is 2.43. The van der Waals surface area contributed by atoms with E-state index in [4.69, 9.17) is 0 Å². The first-order valence-corrected chi connectivity index (χ1v) is 5.31. The Balaban J connectivity index is 2.24. The molecule has 2 heteroatoms. The van der Waals surface area contributed by atoms with E-state index in [1.807, 2.05) is 0 Å². The normalized spacial score (nSPS) is 16.2. The third-order valence-electron chi connectivity index (χ3n) is 3.07. The fourth-order valence-corrected chi connectivity index (χ4v) is 1.90. The Hall–Kier alpha value is -1.44. The van der Waals surface area contributed by atoms with Crippen molar-refractivity contribution < 1.29 is 0 Å². The van der Waals surface area contributed by atoms with E-state index in [9.17, 15) is 0 Å². The van der Waals surface area contributed by atoms with Crippen LogP contribution in [0.25, 0.3) is 0 Å². The maximum atomic E-state index is 2.35. The van der Waals surface area contributed by atoms with Crippen molar-refractivity contribution in [3.05, 3.63) is 48.3 Å². The number of rotatable bonds is 2. The molecule has 0 unspecified atom stereocenters. The zero-order chi connectivity index (χ0) is 10.9. The fraction of sp³-hybridized carbons (Fsp3) is 0.385. The smallest absolute Gasteiger partial charge is 0.0898 e. The van der Waals surface area contributed by atoms with Crippen molar-refractivity contribution in [3.63, 3.8) is 0 Å². The molecule has 0 atom stereocenters. The van der Waals surface area contributed by atoms with Gasteiger partial charge in [0.2, 0.25) is 0 Å². The average molecular weight is 202 g/mol. The molecule has 1 aromatic carbocycles. The van der Waals surface area contributed by atoms with E-state index in [-0.39, 0.29) is 5.54 Å². The lowest BCUT2D eigenvalue weighted by atomic mass is 9.93. The fourth-order valence-electron chi connectivity index (χ4n) is 1.90. The van der Waals surface area contributed by atoms with Gasteiger partial charge in [0.15, 0.2) is 0 Å². The summed E-state index contributed by atoms with van der Waals surface area (Å²) in [6, 6.07) is 10.6. The standard InChI is InChI=1S/C13H18N2/c1-13(2,12-7-5-4-6-8-12)15-10-9-14(3)11-15/h4-10H,11H2,1-3H3. The van der Waals surface area contributed by atoms with Gasteiger partial charge in [0.05, 0.1) is 12.2 Å². The molecule has 1 aliphatic rings. The van der Waals surface area contributed by atoms with Gasteiger partial charge >= 0.3 is 0 Å². The van der Waals surface area contributed by atoms with Crippen molar-refractivity contribution in [2.75, 3.05) is 13.7 Å². The highest BCUT2D eigenvalue weighted by Crippen LogP contribution is 2.29. The lowest BCUT2D eigenvalue weighted by Gasteiger charge is -2.36. The summed E-state index contributed by atoms with van der Waals surface area (Å²) in [5, 5.41) is 0. The second-order valence-corrected chi connectivity index (χ2v) is 4.59. The molecule has 0 spiro atoms. The summed E-state index contributed by atoms with van der Waals surface area (Å²) < 4.78 is 0. The molecule has 0 fully saturated rings. The predicted molar refractivity (Wildman–Crippen MR) is 63.1 cm³/mol. The molecule has 0 saturated heterocycles. The largest absolute Gasteiger partial charge is 0.362 e. The maximum absolute atomic E-state index is 2.35. The summed E-state index contributed by atoms with van der Waals surface area (Å²) in [7, 11) is 2.09. The molecule has 0 amide bonds. The van der Waals surface area contributed by atoms with E-state index in [0.717, 1.165) is 6.67 Å². The first-order valence-electron chi connectivity index (χ1n) is 5.31. The number of hydrogen-bond donors (Lipinski definition) is 0. The van der Waals surface area contributed by atoms with Gasteiger partial charge in [-0.15, -0.1) is 0 Å². The summed E-state index contributed by atoms with van der Waals surface area (Å²) in [4.78, 5) is 4.53. The highest BCUT2D eigenvalue weighted by Gasteiger charge is 2.28. The molecule has 0 bridgehead atoms.